The first-order valence-electron chi connectivity index (χ1n) is 3.37. The van der Waals surface area contributed by atoms with Crippen molar-refractivity contribution in [3.8, 4) is 0 Å². The van der Waals surface area contributed by atoms with Crippen LogP contribution in [-0.2, 0) is 4.74 Å². The molecule has 12 heavy (non-hydrogen) atoms. The summed E-state index contributed by atoms with van der Waals surface area (Å²) in [6, 6.07) is 5.23. The van der Waals surface area contributed by atoms with Crippen LogP contribution in [-0.4, -0.2) is 11.1 Å². The molecule has 0 saturated carbocycles. The van der Waals surface area contributed by atoms with E-state index >= 15 is 0 Å². The molecule has 0 fully saturated rings. The lowest BCUT2D eigenvalue weighted by Crippen LogP contribution is -1.95. The summed E-state index contributed by atoms with van der Waals surface area (Å²) >= 11 is 2.10. The summed E-state index contributed by atoms with van der Waals surface area (Å²) in [5.41, 5.74) is 1.02. The number of benzene rings is 1. The maximum absolute atomic E-state index is 11.0. The molecular weight excluding hydrogens is 271 g/mol. The Morgan fingerprint density at radius 1 is 1.50 bits per heavy atom. The largest absolute Gasteiger partial charge is 0.428 e. The molecule has 62 valence electrons. The molecule has 1 N–H and O–H groups in total. The Bertz CT molecular complexity index is 348. The van der Waals surface area contributed by atoms with Crippen LogP contribution in [0.5, 0.6) is 0 Å². The molecule has 0 bridgehead atoms. The van der Waals surface area contributed by atoms with Crippen LogP contribution < -0.4 is 0 Å². The number of ether oxygens (including phenoxy) is 1. The minimum Gasteiger partial charge on any atom is -0.428 e. The van der Waals surface area contributed by atoms with Crippen LogP contribution in [0, 0.1) is 3.57 Å². The van der Waals surface area contributed by atoms with Crippen molar-refractivity contribution in [1.82, 2.24) is 0 Å². The second-order valence-corrected chi connectivity index (χ2v) is 3.73. The second kappa shape index (κ2) is 2.70. The van der Waals surface area contributed by atoms with Crippen LogP contribution in [0.2, 0.25) is 0 Å². The zero-order valence-corrected chi connectivity index (χ0v) is 8.11. The number of esters is 1. The van der Waals surface area contributed by atoms with Gasteiger partial charge in [-0.05, 0) is 34.7 Å². The van der Waals surface area contributed by atoms with E-state index in [1.54, 1.807) is 12.1 Å². The lowest BCUT2D eigenvalue weighted by molar-refractivity contribution is -0.0547. The van der Waals surface area contributed by atoms with Gasteiger partial charge in [0.25, 0.3) is 0 Å². The van der Waals surface area contributed by atoms with Crippen molar-refractivity contribution in [1.29, 1.82) is 0 Å². The van der Waals surface area contributed by atoms with E-state index < -0.39 is 12.3 Å². The third kappa shape index (κ3) is 1.11. The minimum absolute atomic E-state index is 0.448. The molecule has 1 heterocycles. The molecule has 0 spiro atoms. The Hall–Kier alpha value is -0.620. The van der Waals surface area contributed by atoms with Crippen molar-refractivity contribution in [2.75, 3.05) is 0 Å². The van der Waals surface area contributed by atoms with Gasteiger partial charge in [0.05, 0.1) is 5.56 Å². The number of cyclic esters (lactones) is 1. The first-order valence-corrected chi connectivity index (χ1v) is 4.45. The average Bonchev–Trinajstić information content (AvgIpc) is 2.28. The van der Waals surface area contributed by atoms with Gasteiger partial charge in [-0.3, -0.25) is 0 Å². The van der Waals surface area contributed by atoms with Gasteiger partial charge in [0.15, 0.2) is 0 Å². The van der Waals surface area contributed by atoms with Crippen LogP contribution in [0.3, 0.4) is 0 Å². The molecule has 1 atom stereocenters. The molecule has 0 radical (unpaired) electrons. The molecule has 1 aliphatic heterocycles. The van der Waals surface area contributed by atoms with Gasteiger partial charge in [-0.1, -0.05) is 6.07 Å². The van der Waals surface area contributed by atoms with Crippen molar-refractivity contribution >= 4 is 28.6 Å². The van der Waals surface area contributed by atoms with Gasteiger partial charge in [0.1, 0.15) is 0 Å². The number of halogens is 1. The molecule has 2 rings (SSSR count). The number of aliphatic hydroxyl groups excluding tert-OH is 1. The SMILES string of the molecule is O=C1OC(O)c2ccc(I)cc21. The highest BCUT2D eigenvalue weighted by Gasteiger charge is 2.28. The van der Waals surface area contributed by atoms with Gasteiger partial charge in [-0.15, -0.1) is 0 Å². The second-order valence-electron chi connectivity index (χ2n) is 2.49. The van der Waals surface area contributed by atoms with Gasteiger partial charge in [-0.2, -0.15) is 0 Å². The van der Waals surface area contributed by atoms with Crippen molar-refractivity contribution < 1.29 is 14.6 Å². The van der Waals surface area contributed by atoms with Crippen LogP contribution in [0.25, 0.3) is 0 Å². The molecule has 1 aromatic rings. The molecule has 1 aromatic carbocycles. The van der Waals surface area contributed by atoms with Gasteiger partial charge >= 0.3 is 5.97 Å². The number of hydrogen-bond acceptors (Lipinski definition) is 3. The number of carbonyl (C=O) groups excluding carboxylic acids is 1. The molecule has 3 nitrogen and oxygen atoms in total. The van der Waals surface area contributed by atoms with Crippen molar-refractivity contribution in [3.63, 3.8) is 0 Å². The Kier molecular flexibility index (Phi) is 1.80. The summed E-state index contributed by atoms with van der Waals surface area (Å²) in [5, 5.41) is 9.20. The van der Waals surface area contributed by atoms with Gasteiger partial charge < -0.3 is 9.84 Å². The van der Waals surface area contributed by atoms with Crippen LogP contribution in [0.1, 0.15) is 22.2 Å². The van der Waals surface area contributed by atoms with Crippen LogP contribution in [0.4, 0.5) is 0 Å². The van der Waals surface area contributed by atoms with Crippen molar-refractivity contribution in [3.05, 3.63) is 32.9 Å². The summed E-state index contributed by atoms with van der Waals surface area (Å²) in [4.78, 5) is 11.0. The van der Waals surface area contributed by atoms with Gasteiger partial charge in [-0.25, -0.2) is 4.79 Å². The maximum Gasteiger partial charge on any atom is 0.341 e. The van der Waals surface area contributed by atoms with E-state index in [9.17, 15) is 9.90 Å². The average molecular weight is 276 g/mol. The lowest BCUT2D eigenvalue weighted by atomic mass is 10.1. The molecule has 4 heteroatoms. The zero-order valence-electron chi connectivity index (χ0n) is 5.95. The first-order chi connectivity index (χ1) is 5.68. The molecule has 0 saturated heterocycles. The Morgan fingerprint density at radius 2 is 2.25 bits per heavy atom. The van der Waals surface area contributed by atoms with E-state index in [0.717, 1.165) is 3.57 Å². The fourth-order valence-electron chi connectivity index (χ4n) is 1.15. The van der Waals surface area contributed by atoms with Crippen molar-refractivity contribution in [2.24, 2.45) is 0 Å². The van der Waals surface area contributed by atoms with E-state index in [-0.39, 0.29) is 0 Å². The number of aliphatic hydroxyl groups is 1. The van der Waals surface area contributed by atoms with E-state index in [2.05, 4.69) is 27.3 Å². The monoisotopic (exact) mass is 276 g/mol. The Balaban J connectivity index is 2.60. The summed E-state index contributed by atoms with van der Waals surface area (Å²) in [5.74, 6) is -0.448. The fraction of sp³-hybridized carbons (Fsp3) is 0.125. The zero-order chi connectivity index (χ0) is 8.72. The predicted octanol–water partition coefficient (Wildman–Crippen LogP) is 1.45. The number of carbonyl (C=O) groups is 1. The highest BCUT2D eigenvalue weighted by molar-refractivity contribution is 14.1. The highest BCUT2D eigenvalue weighted by atomic mass is 127. The third-order valence-electron chi connectivity index (χ3n) is 1.72. The third-order valence-corrected chi connectivity index (χ3v) is 2.39. The number of hydrogen-bond donors (Lipinski definition) is 1. The summed E-state index contributed by atoms with van der Waals surface area (Å²) in [7, 11) is 0. The Morgan fingerprint density at radius 3 is 3.00 bits per heavy atom. The molecule has 0 aliphatic carbocycles. The smallest absolute Gasteiger partial charge is 0.341 e. The minimum atomic E-state index is -1.08. The van der Waals surface area contributed by atoms with Crippen LogP contribution in [0.15, 0.2) is 18.2 Å². The summed E-state index contributed by atoms with van der Waals surface area (Å²) < 4.78 is 5.56. The number of fused-ring (bicyclic) bond motifs is 1. The summed E-state index contributed by atoms with van der Waals surface area (Å²) in [6.07, 6.45) is -1.08. The normalized spacial score (nSPS) is 20.5. The van der Waals surface area contributed by atoms with E-state index in [0.29, 0.717) is 11.1 Å². The van der Waals surface area contributed by atoms with E-state index in [1.807, 2.05) is 6.07 Å². The number of rotatable bonds is 0. The molecule has 1 unspecified atom stereocenters. The summed E-state index contributed by atoms with van der Waals surface area (Å²) in [6.45, 7) is 0. The molecule has 0 amide bonds. The standard InChI is InChI=1S/C8H5IO3/c9-4-1-2-5-6(3-4)8(11)12-7(5)10/h1-3,7,10H. The van der Waals surface area contributed by atoms with Crippen molar-refractivity contribution in [2.45, 2.75) is 6.29 Å². The van der Waals surface area contributed by atoms with Crippen LogP contribution >= 0.6 is 22.6 Å². The quantitative estimate of drug-likeness (QED) is 0.576. The first kappa shape index (κ1) is 8.00. The Labute approximate surface area is 82.5 Å². The van der Waals surface area contributed by atoms with Gasteiger partial charge in [0, 0.05) is 9.13 Å². The van der Waals surface area contributed by atoms with Gasteiger partial charge in [0.2, 0.25) is 6.29 Å². The molecule has 0 aromatic heterocycles. The fourth-order valence-corrected chi connectivity index (χ4v) is 1.64. The highest BCUT2D eigenvalue weighted by Crippen LogP contribution is 2.29. The molecule has 1 aliphatic rings. The predicted molar refractivity (Wildman–Crippen MR) is 49.5 cm³/mol. The topological polar surface area (TPSA) is 46.5 Å². The lowest BCUT2D eigenvalue weighted by Gasteiger charge is -1.99. The maximum atomic E-state index is 11.0. The molecular formula is C8H5IO3. The van der Waals surface area contributed by atoms with E-state index in [4.69, 9.17) is 0 Å². The van der Waals surface area contributed by atoms with E-state index in [1.165, 1.54) is 0 Å².